The molecule has 1 aliphatic rings. The molecule has 0 atom stereocenters. The number of aryl methyl sites for hydroxylation is 1. The van der Waals surface area contributed by atoms with Crippen molar-refractivity contribution in [2.45, 2.75) is 38.3 Å². The number of H-pyrrole nitrogens is 2. The molecular formula is C26H27F4N5O. The van der Waals surface area contributed by atoms with Crippen molar-refractivity contribution in [3.05, 3.63) is 81.5 Å². The Morgan fingerprint density at radius 3 is 2.42 bits per heavy atom. The minimum absolute atomic E-state index is 0.168. The summed E-state index contributed by atoms with van der Waals surface area (Å²) in [7, 11) is 0. The molecule has 4 aromatic rings. The highest BCUT2D eigenvalue weighted by Gasteiger charge is 2.33. The Labute approximate surface area is 204 Å². The Kier molecular flexibility index (Phi) is 6.70. The van der Waals surface area contributed by atoms with Gasteiger partial charge in [-0.1, -0.05) is 24.3 Å². The van der Waals surface area contributed by atoms with Gasteiger partial charge in [0.1, 0.15) is 5.82 Å². The fourth-order valence-electron chi connectivity index (χ4n) is 4.95. The van der Waals surface area contributed by atoms with Gasteiger partial charge in [0, 0.05) is 11.3 Å². The third kappa shape index (κ3) is 5.53. The number of benzene rings is 2. The molecule has 2 aromatic heterocycles. The number of fused-ring (bicyclic) bond motifs is 1. The summed E-state index contributed by atoms with van der Waals surface area (Å²) in [4.78, 5) is 22.6. The second kappa shape index (κ2) is 9.93. The van der Waals surface area contributed by atoms with Crippen LogP contribution >= 0.6 is 0 Å². The number of nitrogens with zero attached hydrogens (tertiary/aromatic N) is 3. The lowest BCUT2D eigenvalue weighted by Crippen LogP contribution is -2.40. The van der Waals surface area contributed by atoms with Crippen LogP contribution in [-0.4, -0.2) is 50.5 Å². The highest BCUT2D eigenvalue weighted by atomic mass is 19.4. The van der Waals surface area contributed by atoms with E-state index in [1.54, 1.807) is 12.1 Å². The molecule has 0 aliphatic carbocycles. The fraction of sp³-hybridized carbons (Fsp3) is 0.385. The van der Waals surface area contributed by atoms with E-state index >= 15 is 0 Å². The van der Waals surface area contributed by atoms with Crippen LogP contribution in [0.25, 0.3) is 17.0 Å². The third-order valence-electron chi connectivity index (χ3n) is 6.84. The summed E-state index contributed by atoms with van der Waals surface area (Å²) >= 11 is 0. The number of nitrogens with one attached hydrogen (secondary N) is 2. The minimum atomic E-state index is -4.20. The Bertz CT molecular complexity index is 1350. The van der Waals surface area contributed by atoms with E-state index in [-0.39, 0.29) is 17.3 Å². The van der Waals surface area contributed by atoms with Crippen molar-refractivity contribution in [1.82, 2.24) is 24.6 Å². The first kappa shape index (κ1) is 24.3. The number of hydrogen-bond acceptors (Lipinski definition) is 3. The van der Waals surface area contributed by atoms with Crippen molar-refractivity contribution in [3.8, 4) is 5.95 Å². The fourth-order valence-corrected chi connectivity index (χ4v) is 4.95. The molecule has 1 saturated heterocycles. The van der Waals surface area contributed by atoms with Crippen LogP contribution in [0.1, 0.15) is 29.7 Å². The number of halogens is 4. The van der Waals surface area contributed by atoms with Crippen molar-refractivity contribution in [2.75, 3.05) is 19.6 Å². The van der Waals surface area contributed by atoms with Gasteiger partial charge in [0.05, 0.1) is 17.6 Å². The molecule has 2 N–H and O–H groups in total. The molecule has 6 nitrogen and oxygen atoms in total. The molecule has 2 aromatic carbocycles. The number of aromatic amines is 2. The van der Waals surface area contributed by atoms with Crippen molar-refractivity contribution >= 4 is 11.0 Å². The molecule has 5 rings (SSSR count). The highest BCUT2D eigenvalue weighted by molar-refractivity contribution is 5.75. The van der Waals surface area contributed by atoms with E-state index in [9.17, 15) is 22.4 Å². The van der Waals surface area contributed by atoms with Crippen LogP contribution in [0.2, 0.25) is 0 Å². The quantitative estimate of drug-likeness (QED) is 0.358. The van der Waals surface area contributed by atoms with Crippen LogP contribution in [0.4, 0.5) is 17.6 Å². The summed E-state index contributed by atoms with van der Waals surface area (Å²) in [5.74, 6) is 0.238. The molecule has 10 heteroatoms. The van der Waals surface area contributed by atoms with Crippen LogP contribution in [0, 0.1) is 11.7 Å². The van der Waals surface area contributed by atoms with Gasteiger partial charge in [-0.15, -0.1) is 0 Å². The summed E-state index contributed by atoms with van der Waals surface area (Å²) in [6.45, 7) is -0.130. The van der Waals surface area contributed by atoms with E-state index in [2.05, 4.69) is 15.1 Å². The molecule has 0 bridgehead atoms. The number of alkyl halides is 3. The van der Waals surface area contributed by atoms with Gasteiger partial charge in [0.25, 0.3) is 5.56 Å². The smallest absolute Gasteiger partial charge is 0.322 e. The Morgan fingerprint density at radius 2 is 1.72 bits per heavy atom. The van der Waals surface area contributed by atoms with Crippen molar-refractivity contribution in [2.24, 2.45) is 5.92 Å². The van der Waals surface area contributed by atoms with E-state index in [0.717, 1.165) is 22.3 Å². The first-order valence-electron chi connectivity index (χ1n) is 12.1. The normalized spacial score (nSPS) is 15.7. The lowest BCUT2D eigenvalue weighted by molar-refractivity contribution is -0.148. The molecule has 0 amide bonds. The molecule has 3 heterocycles. The van der Waals surface area contributed by atoms with E-state index in [0.29, 0.717) is 56.7 Å². The summed E-state index contributed by atoms with van der Waals surface area (Å²) in [5, 5.41) is 3.23. The predicted octanol–water partition coefficient (Wildman–Crippen LogP) is 4.78. The Hall–Kier alpha value is -3.40. The average Bonchev–Trinajstić information content (AvgIpc) is 3.40. The van der Waals surface area contributed by atoms with Gasteiger partial charge in [0.15, 0.2) is 0 Å². The van der Waals surface area contributed by atoms with Crippen LogP contribution in [0.3, 0.4) is 0 Å². The van der Waals surface area contributed by atoms with Gasteiger partial charge in [-0.05, 0) is 80.9 Å². The number of likely N-dealkylation sites (tertiary alicyclic amines) is 1. The largest absolute Gasteiger partial charge is 0.401 e. The molecule has 36 heavy (non-hydrogen) atoms. The van der Waals surface area contributed by atoms with Crippen molar-refractivity contribution in [3.63, 3.8) is 0 Å². The number of piperidine rings is 1. The lowest BCUT2D eigenvalue weighted by atomic mass is 9.90. The topological polar surface area (TPSA) is 69.7 Å². The third-order valence-corrected chi connectivity index (χ3v) is 6.84. The first-order valence-corrected chi connectivity index (χ1v) is 12.1. The number of hydrogen-bond donors (Lipinski definition) is 2. The van der Waals surface area contributed by atoms with Gasteiger partial charge in [0.2, 0.25) is 5.95 Å². The zero-order valence-corrected chi connectivity index (χ0v) is 19.6. The maximum Gasteiger partial charge on any atom is 0.401 e. The molecule has 0 radical (unpaired) electrons. The monoisotopic (exact) mass is 501 g/mol. The van der Waals surface area contributed by atoms with Crippen LogP contribution < -0.4 is 5.56 Å². The van der Waals surface area contributed by atoms with Gasteiger partial charge >= 0.3 is 6.18 Å². The Morgan fingerprint density at radius 1 is 1.00 bits per heavy atom. The predicted molar refractivity (Wildman–Crippen MR) is 129 cm³/mol. The molecule has 1 aliphatic heterocycles. The van der Waals surface area contributed by atoms with Crippen molar-refractivity contribution < 1.29 is 17.6 Å². The zero-order chi connectivity index (χ0) is 25.3. The highest BCUT2D eigenvalue weighted by Crippen LogP contribution is 2.26. The summed E-state index contributed by atoms with van der Waals surface area (Å²) < 4.78 is 53.0. The van der Waals surface area contributed by atoms with Crippen LogP contribution in [-0.2, 0) is 19.3 Å². The Balaban J connectivity index is 1.39. The molecule has 0 unspecified atom stereocenters. The van der Waals surface area contributed by atoms with Gasteiger partial charge in [-0.3, -0.25) is 14.8 Å². The molecule has 0 spiro atoms. The maximum atomic E-state index is 13.5. The van der Waals surface area contributed by atoms with Gasteiger partial charge in [-0.25, -0.2) is 9.37 Å². The molecular weight excluding hydrogens is 474 g/mol. The second-order valence-corrected chi connectivity index (χ2v) is 9.45. The standard InChI is InChI=1S/C26H27F4N5O/c27-19-8-5-17(6-9-19)7-10-20-23(15-18-11-13-34(14-12-18)16-26(28,29)30)33-35(24(20)36)25-31-21-3-1-2-4-22(21)32-25/h1-6,8-9,18,33H,7,10-16H2,(H,31,32). The van der Waals surface area contributed by atoms with E-state index in [1.807, 2.05) is 24.3 Å². The second-order valence-electron chi connectivity index (χ2n) is 9.45. The number of imidazole rings is 1. The first-order chi connectivity index (χ1) is 17.2. The number of aromatic nitrogens is 4. The van der Waals surface area contributed by atoms with E-state index in [4.69, 9.17) is 0 Å². The van der Waals surface area contributed by atoms with Crippen molar-refractivity contribution in [1.29, 1.82) is 0 Å². The lowest BCUT2D eigenvalue weighted by Gasteiger charge is -2.32. The average molecular weight is 502 g/mol. The minimum Gasteiger partial charge on any atom is -0.322 e. The molecule has 1 fully saturated rings. The van der Waals surface area contributed by atoms with E-state index < -0.39 is 12.7 Å². The number of para-hydroxylation sites is 2. The zero-order valence-electron chi connectivity index (χ0n) is 19.6. The molecule has 0 saturated carbocycles. The van der Waals surface area contributed by atoms with E-state index in [1.165, 1.54) is 21.7 Å². The summed E-state index contributed by atoms with van der Waals surface area (Å²) in [5.41, 5.74) is 3.65. The van der Waals surface area contributed by atoms with Gasteiger partial charge < -0.3 is 4.98 Å². The van der Waals surface area contributed by atoms with Crippen LogP contribution in [0.5, 0.6) is 0 Å². The SMILES string of the molecule is O=c1c(CCc2ccc(F)cc2)c(CC2CCN(CC(F)(F)F)CC2)[nH]n1-c1nc2ccccc2[nH]1. The maximum absolute atomic E-state index is 13.5. The van der Waals surface area contributed by atoms with Gasteiger partial charge in [-0.2, -0.15) is 17.9 Å². The number of rotatable bonds is 7. The summed E-state index contributed by atoms with van der Waals surface area (Å²) in [6, 6.07) is 13.7. The molecule has 190 valence electrons. The summed E-state index contributed by atoms with van der Waals surface area (Å²) in [6.07, 6.45) is -1.35. The van der Waals surface area contributed by atoms with Crippen LogP contribution in [0.15, 0.2) is 53.3 Å².